The van der Waals surface area contributed by atoms with Crippen molar-refractivity contribution in [2.24, 2.45) is 0 Å². The van der Waals surface area contributed by atoms with Crippen molar-refractivity contribution in [1.82, 2.24) is 10.5 Å². The molecule has 0 bridgehead atoms. The van der Waals surface area contributed by atoms with Crippen LogP contribution in [0.25, 0.3) is 11.0 Å². The first-order chi connectivity index (χ1) is 11.7. The fourth-order valence-electron chi connectivity index (χ4n) is 3.58. The Morgan fingerprint density at radius 3 is 2.96 bits per heavy atom. The van der Waals surface area contributed by atoms with Gasteiger partial charge in [0.1, 0.15) is 11.8 Å². The average molecular weight is 330 g/mol. The fraction of sp³-hybridized carbons (Fsp3) is 0.556. The standard InChI is InChI=1S/C18H22N2O4/c21-17(10-15-14-6-2-3-7-16(14)24-20-15)19-11-13-12-22-18(23-13)8-4-1-5-9-18/h2-3,6-7,13H,1,4-5,8-12H2,(H,19,21)/t13-/m1/s1. The molecule has 6 nitrogen and oxygen atoms in total. The van der Waals surface area contributed by atoms with Crippen molar-refractivity contribution in [3.63, 3.8) is 0 Å². The van der Waals surface area contributed by atoms with E-state index in [1.807, 2.05) is 24.3 Å². The lowest BCUT2D eigenvalue weighted by molar-refractivity contribution is -0.186. The number of ether oxygens (including phenoxy) is 2. The Balaban J connectivity index is 1.29. The molecule has 2 aromatic rings. The number of hydrogen-bond donors (Lipinski definition) is 1. The number of carbonyl (C=O) groups excluding carboxylic acids is 1. The molecule has 1 saturated carbocycles. The largest absolute Gasteiger partial charge is 0.356 e. The van der Waals surface area contributed by atoms with E-state index < -0.39 is 5.79 Å². The van der Waals surface area contributed by atoms with Gasteiger partial charge in [-0.1, -0.05) is 23.7 Å². The molecule has 1 aliphatic heterocycles. The maximum Gasteiger partial charge on any atom is 0.226 e. The maximum absolute atomic E-state index is 12.2. The van der Waals surface area contributed by atoms with Crippen molar-refractivity contribution in [2.45, 2.75) is 50.4 Å². The topological polar surface area (TPSA) is 73.6 Å². The van der Waals surface area contributed by atoms with E-state index >= 15 is 0 Å². The molecule has 128 valence electrons. The first-order valence-corrected chi connectivity index (χ1v) is 8.66. The van der Waals surface area contributed by atoms with E-state index in [1.54, 1.807) is 0 Å². The Morgan fingerprint density at radius 1 is 1.25 bits per heavy atom. The van der Waals surface area contributed by atoms with Gasteiger partial charge in [0, 0.05) is 24.8 Å². The lowest BCUT2D eigenvalue weighted by Crippen LogP contribution is -2.37. The van der Waals surface area contributed by atoms with Crippen LogP contribution in [0.2, 0.25) is 0 Å². The minimum atomic E-state index is -0.393. The van der Waals surface area contributed by atoms with Crippen LogP contribution in [-0.4, -0.2) is 36.1 Å². The highest BCUT2D eigenvalue weighted by Gasteiger charge is 2.42. The molecule has 1 amide bonds. The average Bonchev–Trinajstić information content (AvgIpc) is 3.19. The van der Waals surface area contributed by atoms with Crippen LogP contribution < -0.4 is 5.32 Å². The van der Waals surface area contributed by atoms with Crippen LogP contribution >= 0.6 is 0 Å². The molecule has 1 N–H and O–H groups in total. The van der Waals surface area contributed by atoms with Crippen LogP contribution in [0.3, 0.4) is 0 Å². The predicted octanol–water partition coefficient (Wildman–Crippen LogP) is 2.56. The Morgan fingerprint density at radius 2 is 2.08 bits per heavy atom. The quantitative estimate of drug-likeness (QED) is 0.932. The summed E-state index contributed by atoms with van der Waals surface area (Å²) in [5.74, 6) is -0.474. The zero-order valence-corrected chi connectivity index (χ0v) is 13.6. The summed E-state index contributed by atoms with van der Waals surface area (Å²) in [7, 11) is 0. The Hall–Kier alpha value is -1.92. The van der Waals surface area contributed by atoms with Gasteiger partial charge in [-0.2, -0.15) is 0 Å². The lowest BCUT2D eigenvalue weighted by atomic mass is 9.94. The minimum Gasteiger partial charge on any atom is -0.356 e. The molecule has 6 heteroatoms. The van der Waals surface area contributed by atoms with E-state index in [1.165, 1.54) is 6.42 Å². The van der Waals surface area contributed by atoms with Crippen LogP contribution in [0, 0.1) is 0 Å². The number of nitrogens with zero attached hydrogens (tertiary/aromatic N) is 1. The zero-order valence-electron chi connectivity index (χ0n) is 13.6. The molecule has 0 unspecified atom stereocenters. The summed E-state index contributed by atoms with van der Waals surface area (Å²) in [5.41, 5.74) is 1.36. The molecule has 1 aliphatic carbocycles. The molecular weight excluding hydrogens is 308 g/mol. The summed E-state index contributed by atoms with van der Waals surface area (Å²) >= 11 is 0. The summed E-state index contributed by atoms with van der Waals surface area (Å²) in [6.07, 6.45) is 5.61. The van der Waals surface area contributed by atoms with E-state index in [-0.39, 0.29) is 18.4 Å². The second-order valence-corrected chi connectivity index (χ2v) is 6.63. The summed E-state index contributed by atoms with van der Waals surface area (Å²) in [5, 5.41) is 7.80. The Labute approximate surface area is 140 Å². The van der Waals surface area contributed by atoms with Gasteiger partial charge in [0.05, 0.1) is 13.0 Å². The van der Waals surface area contributed by atoms with E-state index in [0.29, 0.717) is 24.4 Å². The summed E-state index contributed by atoms with van der Waals surface area (Å²) in [6, 6.07) is 7.55. The molecule has 4 rings (SSSR count). The van der Waals surface area contributed by atoms with Gasteiger partial charge in [-0.25, -0.2) is 0 Å². The van der Waals surface area contributed by atoms with Crippen LogP contribution in [0.4, 0.5) is 0 Å². The van der Waals surface area contributed by atoms with Crippen molar-refractivity contribution < 1.29 is 18.8 Å². The van der Waals surface area contributed by atoms with Crippen LogP contribution in [-0.2, 0) is 20.7 Å². The molecule has 1 aromatic carbocycles. The highest BCUT2D eigenvalue weighted by molar-refractivity contribution is 5.86. The van der Waals surface area contributed by atoms with Gasteiger partial charge in [-0.15, -0.1) is 0 Å². The summed E-state index contributed by atoms with van der Waals surface area (Å²) in [4.78, 5) is 12.2. The van der Waals surface area contributed by atoms with E-state index in [4.69, 9.17) is 14.0 Å². The predicted molar refractivity (Wildman–Crippen MR) is 87.4 cm³/mol. The number of para-hydroxylation sites is 1. The second-order valence-electron chi connectivity index (χ2n) is 6.63. The Kier molecular flexibility index (Phi) is 4.24. The third-order valence-electron chi connectivity index (χ3n) is 4.84. The molecular formula is C18H22N2O4. The summed E-state index contributed by atoms with van der Waals surface area (Å²) < 4.78 is 17.2. The van der Waals surface area contributed by atoms with Crippen LogP contribution in [0.1, 0.15) is 37.8 Å². The number of aromatic nitrogens is 1. The molecule has 0 radical (unpaired) electrons. The highest BCUT2D eigenvalue weighted by Crippen LogP contribution is 2.37. The van der Waals surface area contributed by atoms with Gasteiger partial charge in [0.15, 0.2) is 11.4 Å². The van der Waals surface area contributed by atoms with Crippen molar-refractivity contribution in [1.29, 1.82) is 0 Å². The minimum absolute atomic E-state index is 0.0684. The summed E-state index contributed by atoms with van der Waals surface area (Å²) in [6.45, 7) is 1.02. The molecule has 2 fully saturated rings. The molecule has 1 saturated heterocycles. The van der Waals surface area contributed by atoms with Gasteiger partial charge >= 0.3 is 0 Å². The van der Waals surface area contributed by atoms with Crippen molar-refractivity contribution in [3.8, 4) is 0 Å². The molecule has 1 atom stereocenters. The molecule has 24 heavy (non-hydrogen) atoms. The van der Waals surface area contributed by atoms with Crippen LogP contribution in [0.15, 0.2) is 28.8 Å². The van der Waals surface area contributed by atoms with Crippen molar-refractivity contribution in [2.75, 3.05) is 13.2 Å². The monoisotopic (exact) mass is 330 g/mol. The number of carbonyl (C=O) groups is 1. The van der Waals surface area contributed by atoms with Gasteiger partial charge < -0.3 is 19.3 Å². The SMILES string of the molecule is O=C(Cc1noc2ccccc12)NC[C@@H]1COC2(CCCCC2)O1. The van der Waals surface area contributed by atoms with Crippen LogP contribution in [0.5, 0.6) is 0 Å². The molecule has 2 heterocycles. The van der Waals surface area contributed by atoms with Gasteiger partial charge in [-0.05, 0) is 25.0 Å². The van der Waals surface area contributed by atoms with Crippen molar-refractivity contribution in [3.05, 3.63) is 30.0 Å². The second kappa shape index (κ2) is 6.53. The highest BCUT2D eigenvalue weighted by atomic mass is 16.7. The molecule has 2 aliphatic rings. The smallest absolute Gasteiger partial charge is 0.226 e. The third-order valence-corrected chi connectivity index (χ3v) is 4.84. The third kappa shape index (κ3) is 3.16. The number of amides is 1. The number of rotatable bonds is 4. The van der Waals surface area contributed by atoms with Crippen molar-refractivity contribution >= 4 is 16.9 Å². The zero-order chi connectivity index (χ0) is 16.4. The van der Waals surface area contributed by atoms with Gasteiger partial charge in [0.2, 0.25) is 5.91 Å². The number of benzene rings is 1. The Bertz CT molecular complexity index is 721. The van der Waals surface area contributed by atoms with E-state index in [2.05, 4.69) is 10.5 Å². The van der Waals surface area contributed by atoms with E-state index in [9.17, 15) is 4.79 Å². The lowest BCUT2D eigenvalue weighted by Gasteiger charge is -2.31. The number of nitrogens with one attached hydrogen (secondary N) is 1. The first kappa shape index (κ1) is 15.6. The molecule has 1 aromatic heterocycles. The van der Waals surface area contributed by atoms with Gasteiger partial charge in [0.25, 0.3) is 0 Å². The maximum atomic E-state index is 12.2. The fourth-order valence-corrected chi connectivity index (χ4v) is 3.58. The number of fused-ring (bicyclic) bond motifs is 1. The first-order valence-electron chi connectivity index (χ1n) is 8.66. The normalized spacial score (nSPS) is 22.9. The number of hydrogen-bond acceptors (Lipinski definition) is 5. The van der Waals surface area contributed by atoms with Gasteiger partial charge in [-0.3, -0.25) is 4.79 Å². The van der Waals surface area contributed by atoms with E-state index in [0.717, 1.165) is 31.1 Å². The molecule has 1 spiro atoms.